The minimum absolute atomic E-state index is 0.00542. The monoisotopic (exact) mass is 543 g/mol. The van der Waals surface area contributed by atoms with E-state index >= 15 is 0 Å². The zero-order valence-electron chi connectivity index (χ0n) is 18.5. The summed E-state index contributed by atoms with van der Waals surface area (Å²) in [5, 5.41) is 9.69. The lowest BCUT2D eigenvalue weighted by Crippen LogP contribution is -2.37. The number of carbonyl (C=O) groups excluding carboxylic acids is 1. The van der Waals surface area contributed by atoms with Crippen LogP contribution in [0.2, 0.25) is 10.0 Å². The highest BCUT2D eigenvalue weighted by Crippen LogP contribution is 2.37. The molecule has 0 radical (unpaired) electrons. The smallest absolute Gasteiger partial charge is 0.416 e. The largest absolute Gasteiger partial charge is 0.478 e. The predicted molar refractivity (Wildman–Crippen MR) is 129 cm³/mol. The van der Waals surface area contributed by atoms with E-state index in [2.05, 4.69) is 4.98 Å². The van der Waals surface area contributed by atoms with E-state index in [1.807, 2.05) is 0 Å². The van der Waals surface area contributed by atoms with E-state index < -0.39 is 23.3 Å². The quantitative estimate of drug-likeness (QED) is 0.245. The first-order valence-corrected chi connectivity index (χ1v) is 11.6. The van der Waals surface area contributed by atoms with Gasteiger partial charge in [-0.05, 0) is 62.8 Å². The van der Waals surface area contributed by atoms with Crippen LogP contribution in [0.1, 0.15) is 40.3 Å². The molecule has 1 N–H and O–H groups in total. The van der Waals surface area contributed by atoms with Crippen LogP contribution in [0.25, 0.3) is 16.6 Å². The van der Waals surface area contributed by atoms with Crippen LogP contribution in [-0.4, -0.2) is 27.4 Å². The van der Waals surface area contributed by atoms with Gasteiger partial charge in [0.2, 0.25) is 0 Å². The number of ether oxygens (including phenoxy) is 1. The lowest BCUT2D eigenvalue weighted by Gasteiger charge is -2.22. The maximum absolute atomic E-state index is 12.8. The Morgan fingerprint density at radius 2 is 1.69 bits per heavy atom. The van der Waals surface area contributed by atoms with Gasteiger partial charge in [0.05, 0.1) is 21.2 Å². The number of hydrogen-bond donors (Lipinski definition) is 1. The van der Waals surface area contributed by atoms with Gasteiger partial charge in [-0.1, -0.05) is 35.3 Å². The molecule has 184 valence electrons. The SMILES string of the molecule is Cc1nc(-c2ccc(C(F)(F)F)cc2)sc1C(=O)/C=C\c1ccc(OC(C)(C)C(=O)O)c(Cl)c1Cl. The van der Waals surface area contributed by atoms with Gasteiger partial charge in [0.1, 0.15) is 15.8 Å². The molecule has 11 heteroatoms. The van der Waals surface area contributed by atoms with E-state index in [4.69, 9.17) is 27.9 Å². The Hall–Kier alpha value is -2.88. The number of halogens is 5. The van der Waals surface area contributed by atoms with E-state index in [1.54, 1.807) is 6.92 Å². The molecule has 0 atom stereocenters. The van der Waals surface area contributed by atoms with Gasteiger partial charge in [-0.15, -0.1) is 11.3 Å². The molecule has 5 nitrogen and oxygen atoms in total. The van der Waals surface area contributed by atoms with Crippen molar-refractivity contribution >= 4 is 52.4 Å². The topological polar surface area (TPSA) is 76.5 Å². The maximum atomic E-state index is 12.8. The van der Waals surface area contributed by atoms with Crippen molar-refractivity contribution in [3.05, 3.63) is 74.2 Å². The van der Waals surface area contributed by atoms with Crippen molar-refractivity contribution in [1.29, 1.82) is 0 Å². The molecule has 0 spiro atoms. The van der Waals surface area contributed by atoms with Crippen molar-refractivity contribution in [3.63, 3.8) is 0 Å². The number of thiazole rings is 1. The molecule has 3 rings (SSSR count). The molecule has 1 heterocycles. The van der Waals surface area contributed by atoms with E-state index in [9.17, 15) is 27.9 Å². The van der Waals surface area contributed by atoms with Crippen molar-refractivity contribution in [2.45, 2.75) is 32.5 Å². The Morgan fingerprint density at radius 3 is 2.26 bits per heavy atom. The number of aromatic nitrogens is 1. The number of benzene rings is 2. The minimum Gasteiger partial charge on any atom is -0.478 e. The van der Waals surface area contributed by atoms with E-state index in [0.717, 1.165) is 23.5 Å². The van der Waals surface area contributed by atoms with Crippen molar-refractivity contribution < 1.29 is 32.6 Å². The average Bonchev–Trinajstić information content (AvgIpc) is 3.17. The third-order valence-corrected chi connectivity index (χ3v) is 6.95. The molecule has 3 aromatic rings. The summed E-state index contributed by atoms with van der Waals surface area (Å²) in [4.78, 5) is 28.7. The summed E-state index contributed by atoms with van der Waals surface area (Å²) in [6.07, 6.45) is -1.72. The number of carboxylic acids is 1. The van der Waals surface area contributed by atoms with Gasteiger partial charge in [0.15, 0.2) is 11.4 Å². The molecule has 0 aliphatic heterocycles. The van der Waals surface area contributed by atoms with Crippen molar-refractivity contribution in [2.75, 3.05) is 0 Å². The zero-order chi connectivity index (χ0) is 26.1. The molecular weight excluding hydrogens is 526 g/mol. The number of rotatable bonds is 7. The summed E-state index contributed by atoms with van der Waals surface area (Å²) in [6, 6.07) is 7.51. The molecule has 0 amide bonds. The molecule has 35 heavy (non-hydrogen) atoms. The summed E-state index contributed by atoms with van der Waals surface area (Å²) in [5.41, 5.74) is -1.01. The second-order valence-electron chi connectivity index (χ2n) is 7.90. The van der Waals surface area contributed by atoms with Crippen molar-refractivity contribution in [2.24, 2.45) is 0 Å². The maximum Gasteiger partial charge on any atom is 0.416 e. The third-order valence-electron chi connectivity index (χ3n) is 4.85. The normalized spacial score (nSPS) is 12.2. The van der Waals surface area contributed by atoms with Crippen molar-refractivity contribution in [1.82, 2.24) is 4.98 Å². The Morgan fingerprint density at radius 1 is 1.06 bits per heavy atom. The summed E-state index contributed by atoms with van der Waals surface area (Å²) in [6.45, 7) is 4.36. The van der Waals surface area contributed by atoms with Gasteiger partial charge in [-0.3, -0.25) is 4.79 Å². The van der Waals surface area contributed by atoms with Crippen LogP contribution in [0.5, 0.6) is 5.75 Å². The van der Waals surface area contributed by atoms with Gasteiger partial charge in [0.25, 0.3) is 0 Å². The molecule has 0 fully saturated rings. The van der Waals surface area contributed by atoms with Crippen LogP contribution in [0.15, 0.2) is 42.5 Å². The number of aliphatic carboxylic acids is 1. The lowest BCUT2D eigenvalue weighted by atomic mass is 10.1. The number of aryl methyl sites for hydroxylation is 1. The van der Waals surface area contributed by atoms with Crippen LogP contribution in [0.3, 0.4) is 0 Å². The Balaban J connectivity index is 1.81. The van der Waals surface area contributed by atoms with Gasteiger partial charge >= 0.3 is 12.1 Å². The molecule has 2 aromatic carbocycles. The lowest BCUT2D eigenvalue weighted by molar-refractivity contribution is -0.152. The first-order chi connectivity index (χ1) is 16.2. The summed E-state index contributed by atoms with van der Waals surface area (Å²) in [7, 11) is 0. The third kappa shape index (κ3) is 6.04. The fourth-order valence-electron chi connectivity index (χ4n) is 2.86. The highest BCUT2D eigenvalue weighted by Gasteiger charge is 2.31. The molecule has 1 aromatic heterocycles. The van der Waals surface area contributed by atoms with Crippen LogP contribution in [-0.2, 0) is 11.0 Å². The number of hydrogen-bond acceptors (Lipinski definition) is 5. The van der Waals surface area contributed by atoms with Gasteiger partial charge in [-0.2, -0.15) is 13.2 Å². The summed E-state index contributed by atoms with van der Waals surface area (Å²) >= 11 is 13.6. The highest BCUT2D eigenvalue weighted by molar-refractivity contribution is 7.17. The first-order valence-electron chi connectivity index (χ1n) is 9.98. The molecule has 0 aliphatic carbocycles. The van der Waals surface area contributed by atoms with Crippen molar-refractivity contribution in [3.8, 4) is 16.3 Å². The fraction of sp³-hybridized carbons (Fsp3) is 0.208. The van der Waals surface area contributed by atoms with Gasteiger partial charge in [0, 0.05) is 5.56 Å². The standard InChI is InChI=1S/C24H18Cl2F3NO4S/c1-12-20(35-21(30-12)14-4-8-15(9-5-14)24(27,28)29)16(31)10-6-13-7-11-17(19(26)18(13)25)34-23(2,3)22(32)33/h4-11H,1-3H3,(H,32,33)/b10-6-. The molecular formula is C24H18Cl2F3NO4S. The number of alkyl halides is 3. The zero-order valence-corrected chi connectivity index (χ0v) is 20.9. The van der Waals surface area contributed by atoms with Gasteiger partial charge in [-0.25, -0.2) is 9.78 Å². The number of ketones is 1. The number of allylic oxidation sites excluding steroid dienone is 1. The van der Waals surface area contributed by atoms with E-state index in [0.29, 0.717) is 26.7 Å². The molecule has 0 aliphatic rings. The summed E-state index contributed by atoms with van der Waals surface area (Å²) < 4.78 is 43.8. The van der Waals surface area contributed by atoms with Gasteiger partial charge < -0.3 is 9.84 Å². The minimum atomic E-state index is -4.44. The van der Waals surface area contributed by atoms with E-state index in [-0.39, 0.29) is 21.6 Å². The predicted octanol–water partition coefficient (Wildman–Crippen LogP) is 7.58. The number of carbonyl (C=O) groups is 2. The van der Waals surface area contributed by atoms with Crippen LogP contribution < -0.4 is 4.74 Å². The molecule has 0 bridgehead atoms. The average molecular weight is 544 g/mol. The van der Waals surface area contributed by atoms with Crippen LogP contribution in [0, 0.1) is 6.92 Å². The second kappa shape index (κ2) is 10.0. The first kappa shape index (κ1) is 26.7. The highest BCUT2D eigenvalue weighted by atomic mass is 35.5. The Bertz CT molecular complexity index is 1320. The van der Waals surface area contributed by atoms with Crippen LogP contribution >= 0.6 is 34.5 Å². The number of carboxylic acid groups (broad SMARTS) is 1. The Kier molecular flexibility index (Phi) is 7.64. The number of nitrogens with zero attached hydrogens (tertiary/aromatic N) is 1. The molecule has 0 saturated carbocycles. The molecule has 0 saturated heterocycles. The summed E-state index contributed by atoms with van der Waals surface area (Å²) in [5.74, 6) is -1.49. The van der Waals surface area contributed by atoms with Crippen LogP contribution in [0.4, 0.5) is 13.2 Å². The second-order valence-corrected chi connectivity index (χ2v) is 9.66. The van der Waals surface area contributed by atoms with E-state index in [1.165, 1.54) is 50.3 Å². The fourth-order valence-corrected chi connectivity index (χ4v) is 4.29. The molecule has 0 unspecified atom stereocenters. The Labute approximate surface area is 212 Å².